The lowest BCUT2D eigenvalue weighted by molar-refractivity contribution is 0.864. The van der Waals surface area contributed by atoms with Crippen molar-refractivity contribution in [2.75, 3.05) is 5.75 Å². The number of benzene rings is 3. The van der Waals surface area contributed by atoms with Gasteiger partial charge in [-0.1, -0.05) is 42.5 Å². The quantitative estimate of drug-likeness (QED) is 0.434. The largest absolute Gasteiger partial charge is 0.167 e. The molecule has 3 aromatic rings. The van der Waals surface area contributed by atoms with Crippen molar-refractivity contribution < 1.29 is 0 Å². The molecule has 0 spiro atoms. The minimum Gasteiger partial charge on any atom is -0.0616 e. The summed E-state index contributed by atoms with van der Waals surface area (Å²) in [6, 6.07) is 18.5. The Balaban J connectivity index is 2.12. The Morgan fingerprint density at radius 2 is 1.37 bits per heavy atom. The molecule has 3 aromatic carbocycles. The normalized spacial score (nSPS) is 18.1. The van der Waals surface area contributed by atoms with Gasteiger partial charge in [0.2, 0.25) is 0 Å². The zero-order chi connectivity index (χ0) is 19.3. The third-order valence-electron chi connectivity index (χ3n) is 6.30. The van der Waals surface area contributed by atoms with Gasteiger partial charge in [0.25, 0.3) is 0 Å². The van der Waals surface area contributed by atoms with E-state index in [9.17, 15) is 0 Å². The Kier molecular flexibility index (Phi) is 4.68. The molecule has 0 saturated heterocycles. The minimum absolute atomic E-state index is 0.169. The van der Waals surface area contributed by atoms with E-state index in [1.54, 1.807) is 9.79 Å². The summed E-state index contributed by atoms with van der Waals surface area (Å²) >= 11 is 0. The molecule has 27 heavy (non-hydrogen) atoms. The molecule has 0 saturated carbocycles. The van der Waals surface area contributed by atoms with Gasteiger partial charge in [0.05, 0.1) is 10.9 Å². The van der Waals surface area contributed by atoms with Gasteiger partial charge in [0.1, 0.15) is 5.75 Å². The van der Waals surface area contributed by atoms with Gasteiger partial charge in [-0.05, 0) is 75.4 Å². The van der Waals surface area contributed by atoms with Crippen LogP contribution in [0.4, 0.5) is 0 Å². The van der Waals surface area contributed by atoms with Gasteiger partial charge in [-0.15, -0.1) is 0 Å². The van der Waals surface area contributed by atoms with E-state index >= 15 is 0 Å². The fourth-order valence-electron chi connectivity index (χ4n) is 4.75. The molecule has 1 unspecified atom stereocenters. The molecule has 0 nitrogen and oxygen atoms in total. The lowest BCUT2D eigenvalue weighted by Crippen LogP contribution is -2.23. The lowest BCUT2D eigenvalue weighted by Gasteiger charge is -2.31. The van der Waals surface area contributed by atoms with Crippen LogP contribution < -0.4 is 0 Å². The molecule has 4 rings (SSSR count). The van der Waals surface area contributed by atoms with Crippen molar-refractivity contribution in [3.63, 3.8) is 0 Å². The van der Waals surface area contributed by atoms with E-state index in [2.05, 4.69) is 90.1 Å². The van der Waals surface area contributed by atoms with Crippen LogP contribution in [0.2, 0.25) is 0 Å². The van der Waals surface area contributed by atoms with Gasteiger partial charge >= 0.3 is 0 Å². The molecular formula is C26H29S+. The predicted octanol–water partition coefficient (Wildman–Crippen LogP) is 6.78. The second kappa shape index (κ2) is 6.87. The summed E-state index contributed by atoms with van der Waals surface area (Å²) in [5, 5.41) is 0. The molecule has 1 heteroatoms. The second-order valence-electron chi connectivity index (χ2n) is 7.82. The molecule has 0 aromatic heterocycles. The Morgan fingerprint density at radius 3 is 2.04 bits per heavy atom. The number of fused-ring (bicyclic) bond motifs is 2. The minimum atomic E-state index is 0.169. The molecule has 138 valence electrons. The van der Waals surface area contributed by atoms with Crippen molar-refractivity contribution >= 4 is 10.9 Å². The Bertz CT molecular complexity index is 1000. The van der Waals surface area contributed by atoms with E-state index in [1.165, 1.54) is 50.3 Å². The molecule has 2 atom stereocenters. The maximum absolute atomic E-state index is 2.38. The zero-order valence-electron chi connectivity index (χ0n) is 17.3. The summed E-state index contributed by atoms with van der Waals surface area (Å²) < 4.78 is 0. The van der Waals surface area contributed by atoms with Gasteiger partial charge in [0.15, 0.2) is 9.79 Å². The van der Waals surface area contributed by atoms with E-state index < -0.39 is 0 Å². The average molecular weight is 374 g/mol. The Morgan fingerprint density at radius 1 is 0.741 bits per heavy atom. The van der Waals surface area contributed by atoms with Gasteiger partial charge in [-0.2, -0.15) is 0 Å². The van der Waals surface area contributed by atoms with E-state index in [1.807, 2.05) is 0 Å². The summed E-state index contributed by atoms with van der Waals surface area (Å²) in [6.07, 6.45) is 0. The smallest absolute Gasteiger partial charge is 0.0616 e. The molecule has 0 radical (unpaired) electrons. The maximum atomic E-state index is 2.38. The van der Waals surface area contributed by atoms with Gasteiger partial charge < -0.3 is 0 Å². The maximum Gasteiger partial charge on any atom is 0.167 e. The number of aryl methyl sites for hydroxylation is 3. The van der Waals surface area contributed by atoms with Crippen molar-refractivity contribution in [3.05, 3.63) is 93.0 Å². The second-order valence-corrected chi connectivity index (χ2v) is 10.0. The number of rotatable bonds is 2. The highest BCUT2D eigenvalue weighted by Gasteiger charge is 2.41. The van der Waals surface area contributed by atoms with Crippen molar-refractivity contribution in [1.29, 1.82) is 0 Å². The van der Waals surface area contributed by atoms with Crippen LogP contribution in [0.25, 0.3) is 0 Å². The van der Waals surface area contributed by atoms with E-state index in [-0.39, 0.29) is 10.9 Å². The summed E-state index contributed by atoms with van der Waals surface area (Å²) in [6.45, 7) is 13.8. The fraction of sp³-hybridized carbons (Fsp3) is 0.308. The van der Waals surface area contributed by atoms with Crippen LogP contribution >= 0.6 is 0 Å². The highest BCUT2D eigenvalue weighted by Crippen LogP contribution is 2.49. The first kappa shape index (κ1) is 18.4. The monoisotopic (exact) mass is 373 g/mol. The summed E-state index contributed by atoms with van der Waals surface area (Å²) in [7, 11) is 0.169. The van der Waals surface area contributed by atoms with Crippen LogP contribution in [0.1, 0.15) is 57.3 Å². The molecule has 0 aliphatic carbocycles. The molecule has 0 bridgehead atoms. The molecule has 0 amide bonds. The first-order valence-corrected chi connectivity index (χ1v) is 11.3. The molecule has 0 fully saturated rings. The highest BCUT2D eigenvalue weighted by atomic mass is 32.2. The van der Waals surface area contributed by atoms with Crippen molar-refractivity contribution in [2.45, 2.75) is 57.3 Å². The molecule has 0 N–H and O–H groups in total. The predicted molar refractivity (Wildman–Crippen MR) is 118 cm³/mol. The number of hydrogen-bond donors (Lipinski definition) is 0. The van der Waals surface area contributed by atoms with Gasteiger partial charge in [-0.3, -0.25) is 0 Å². The summed E-state index contributed by atoms with van der Waals surface area (Å²) in [4.78, 5) is 3.13. The Labute approximate surface area is 167 Å². The fourth-order valence-corrected chi connectivity index (χ4v) is 7.21. The summed E-state index contributed by atoms with van der Waals surface area (Å²) in [5.74, 6) is 1.51. The average Bonchev–Trinajstić information content (AvgIpc) is 2.66. The molecular weight excluding hydrogens is 344 g/mol. The standard InChI is InChI=1S/C26H29S/c1-7-27-23-14-9-8-12-21(23)25(22-13-10-11-16(2)26(22)27)24-19(5)17(3)15-18(4)20(24)6/h8-15,25H,7H2,1-6H3/q+1/t25-,27?/m1/s1. The van der Waals surface area contributed by atoms with Crippen LogP contribution in [-0.2, 0) is 10.9 Å². The van der Waals surface area contributed by atoms with E-state index in [0.29, 0.717) is 5.92 Å². The van der Waals surface area contributed by atoms with Crippen LogP contribution in [0, 0.1) is 34.6 Å². The first-order valence-electron chi connectivity index (χ1n) is 9.92. The van der Waals surface area contributed by atoms with Gasteiger partial charge in [0, 0.05) is 22.6 Å². The highest BCUT2D eigenvalue weighted by molar-refractivity contribution is 7.97. The Hall–Kier alpha value is -1.99. The zero-order valence-corrected chi connectivity index (χ0v) is 18.1. The van der Waals surface area contributed by atoms with E-state index in [0.717, 1.165) is 0 Å². The summed E-state index contributed by atoms with van der Waals surface area (Å²) in [5.41, 5.74) is 11.7. The van der Waals surface area contributed by atoms with Crippen LogP contribution in [-0.4, -0.2) is 5.75 Å². The van der Waals surface area contributed by atoms with E-state index in [4.69, 9.17) is 0 Å². The van der Waals surface area contributed by atoms with Crippen LogP contribution in [0.3, 0.4) is 0 Å². The topological polar surface area (TPSA) is 0 Å². The third-order valence-corrected chi connectivity index (χ3v) is 8.83. The van der Waals surface area contributed by atoms with Crippen LogP contribution in [0.15, 0.2) is 58.3 Å². The molecule has 1 heterocycles. The SMILES string of the molecule is CC[S+]1c2ccccc2[C@@H](c2c(C)c(C)cc(C)c2C)c2cccc(C)c21. The first-order chi connectivity index (χ1) is 13.0. The third kappa shape index (κ3) is 2.75. The van der Waals surface area contributed by atoms with Crippen molar-refractivity contribution in [2.24, 2.45) is 0 Å². The molecule has 1 aliphatic rings. The van der Waals surface area contributed by atoms with Crippen LogP contribution in [0.5, 0.6) is 0 Å². The van der Waals surface area contributed by atoms with Gasteiger partial charge in [-0.25, -0.2) is 0 Å². The van der Waals surface area contributed by atoms with Crippen molar-refractivity contribution in [1.82, 2.24) is 0 Å². The molecule has 1 aliphatic heterocycles. The van der Waals surface area contributed by atoms with Crippen molar-refractivity contribution in [3.8, 4) is 0 Å². The number of hydrogen-bond acceptors (Lipinski definition) is 0. The lowest BCUT2D eigenvalue weighted by atomic mass is 9.78.